The van der Waals surface area contributed by atoms with E-state index in [9.17, 15) is 0 Å². The van der Waals surface area contributed by atoms with Gasteiger partial charge in [-0.05, 0) is 35.2 Å². The third-order valence-electron chi connectivity index (χ3n) is 3.88. The molecule has 0 atom stereocenters. The molecule has 0 aliphatic carbocycles. The molecule has 1 aromatic heterocycles. The third kappa shape index (κ3) is 3.59. The number of pyridine rings is 1. The fourth-order valence-corrected chi connectivity index (χ4v) is 2.66. The van der Waals surface area contributed by atoms with Crippen LogP contribution < -0.4 is 4.74 Å². The van der Waals surface area contributed by atoms with Gasteiger partial charge in [0.1, 0.15) is 12.4 Å². The van der Waals surface area contributed by atoms with Crippen LogP contribution in [0.15, 0.2) is 72.9 Å². The van der Waals surface area contributed by atoms with E-state index in [4.69, 9.17) is 4.74 Å². The van der Waals surface area contributed by atoms with Gasteiger partial charge in [0.2, 0.25) is 0 Å². The van der Waals surface area contributed by atoms with Gasteiger partial charge in [0.15, 0.2) is 0 Å². The smallest absolute Gasteiger partial charge is 0.123 e. The van der Waals surface area contributed by atoms with Crippen molar-refractivity contribution in [2.75, 3.05) is 0 Å². The van der Waals surface area contributed by atoms with Gasteiger partial charge in [-0.3, -0.25) is 4.98 Å². The number of ether oxygens (including phenoxy) is 1. The number of rotatable bonds is 5. The first-order valence-corrected chi connectivity index (χ1v) is 7.96. The normalized spacial score (nSPS) is 10.7. The zero-order valence-corrected chi connectivity index (χ0v) is 13.6. The molecule has 0 aliphatic heterocycles. The Morgan fingerprint density at radius 3 is 2.39 bits per heavy atom. The van der Waals surface area contributed by atoms with Crippen LogP contribution in [0.25, 0.3) is 11.3 Å². The molecular weight excluding hydrogens is 282 g/mol. The van der Waals surface area contributed by atoms with Crippen molar-refractivity contribution in [2.45, 2.75) is 26.4 Å². The highest BCUT2D eigenvalue weighted by Gasteiger charge is 2.09. The highest BCUT2D eigenvalue weighted by molar-refractivity contribution is 5.63. The van der Waals surface area contributed by atoms with Crippen LogP contribution in [0.2, 0.25) is 0 Å². The van der Waals surface area contributed by atoms with Gasteiger partial charge in [0, 0.05) is 11.8 Å². The first-order chi connectivity index (χ1) is 11.3. The van der Waals surface area contributed by atoms with Crippen LogP contribution in [0.5, 0.6) is 5.75 Å². The number of benzene rings is 2. The lowest BCUT2D eigenvalue weighted by atomic mass is 10.0. The number of para-hydroxylation sites is 1. The summed E-state index contributed by atoms with van der Waals surface area (Å²) in [5, 5.41) is 0. The second-order valence-electron chi connectivity index (χ2n) is 5.85. The predicted molar refractivity (Wildman–Crippen MR) is 94.5 cm³/mol. The van der Waals surface area contributed by atoms with E-state index in [0.29, 0.717) is 12.5 Å². The Labute approximate surface area is 137 Å². The van der Waals surface area contributed by atoms with E-state index in [-0.39, 0.29) is 0 Å². The van der Waals surface area contributed by atoms with Crippen LogP contribution in [-0.4, -0.2) is 4.98 Å². The van der Waals surface area contributed by atoms with Crippen LogP contribution in [0.1, 0.15) is 30.9 Å². The van der Waals surface area contributed by atoms with Gasteiger partial charge in [0.25, 0.3) is 0 Å². The minimum absolute atomic E-state index is 0.442. The molecule has 0 fully saturated rings. The zero-order chi connectivity index (χ0) is 16.1. The molecule has 0 saturated carbocycles. The monoisotopic (exact) mass is 303 g/mol. The van der Waals surface area contributed by atoms with E-state index in [0.717, 1.165) is 22.6 Å². The summed E-state index contributed by atoms with van der Waals surface area (Å²) >= 11 is 0. The maximum atomic E-state index is 6.12. The van der Waals surface area contributed by atoms with Gasteiger partial charge in [-0.25, -0.2) is 0 Å². The first-order valence-electron chi connectivity index (χ1n) is 7.96. The minimum atomic E-state index is 0.442. The fraction of sp³-hybridized carbons (Fsp3) is 0.190. The molecular formula is C21H21NO. The molecule has 0 amide bonds. The number of nitrogens with zero attached hydrogens (tertiary/aromatic N) is 1. The Hall–Kier alpha value is -2.61. The maximum Gasteiger partial charge on any atom is 0.123 e. The second-order valence-corrected chi connectivity index (χ2v) is 5.85. The minimum Gasteiger partial charge on any atom is -0.489 e. The van der Waals surface area contributed by atoms with E-state index >= 15 is 0 Å². The largest absolute Gasteiger partial charge is 0.489 e. The molecule has 3 aromatic rings. The van der Waals surface area contributed by atoms with Crippen LogP contribution in [0.4, 0.5) is 0 Å². The molecule has 0 radical (unpaired) electrons. The Morgan fingerprint density at radius 1 is 0.870 bits per heavy atom. The third-order valence-corrected chi connectivity index (χ3v) is 3.88. The fourth-order valence-electron chi connectivity index (χ4n) is 2.66. The molecule has 1 heterocycles. The van der Waals surface area contributed by atoms with Crippen molar-refractivity contribution < 1.29 is 4.74 Å². The van der Waals surface area contributed by atoms with E-state index < -0.39 is 0 Å². The molecule has 0 unspecified atom stereocenters. The summed E-state index contributed by atoms with van der Waals surface area (Å²) in [6.45, 7) is 4.91. The molecule has 116 valence electrons. The lowest BCUT2D eigenvalue weighted by molar-refractivity contribution is 0.302. The van der Waals surface area contributed by atoms with Crippen molar-refractivity contribution >= 4 is 0 Å². The van der Waals surface area contributed by atoms with Gasteiger partial charge in [-0.2, -0.15) is 0 Å². The van der Waals surface area contributed by atoms with Crippen molar-refractivity contribution in [1.29, 1.82) is 0 Å². The van der Waals surface area contributed by atoms with Crippen molar-refractivity contribution in [2.24, 2.45) is 0 Å². The molecule has 0 bridgehead atoms. The molecule has 23 heavy (non-hydrogen) atoms. The van der Waals surface area contributed by atoms with Crippen LogP contribution >= 0.6 is 0 Å². The van der Waals surface area contributed by atoms with Crippen LogP contribution in [0, 0.1) is 0 Å². The maximum absolute atomic E-state index is 6.12. The predicted octanol–water partition coefficient (Wildman–Crippen LogP) is 5.45. The molecule has 3 rings (SSSR count). The topological polar surface area (TPSA) is 22.1 Å². The summed E-state index contributed by atoms with van der Waals surface area (Å²) < 4.78 is 6.12. The van der Waals surface area contributed by atoms with Gasteiger partial charge < -0.3 is 4.74 Å². The summed E-state index contributed by atoms with van der Waals surface area (Å²) in [6, 6.07) is 22.5. The zero-order valence-electron chi connectivity index (χ0n) is 13.6. The van der Waals surface area contributed by atoms with Crippen LogP contribution in [-0.2, 0) is 6.61 Å². The Balaban J connectivity index is 1.85. The molecule has 2 aromatic carbocycles. The molecule has 2 nitrogen and oxygen atoms in total. The van der Waals surface area contributed by atoms with Gasteiger partial charge >= 0.3 is 0 Å². The second kappa shape index (κ2) is 7.10. The molecule has 0 spiro atoms. The average molecular weight is 303 g/mol. The molecule has 2 heteroatoms. The van der Waals surface area contributed by atoms with Crippen molar-refractivity contribution in [3.63, 3.8) is 0 Å². The summed E-state index contributed by atoms with van der Waals surface area (Å²) in [5.41, 5.74) is 4.48. The van der Waals surface area contributed by atoms with Gasteiger partial charge in [-0.1, -0.05) is 62.4 Å². The van der Waals surface area contributed by atoms with Gasteiger partial charge in [0.05, 0.1) is 5.69 Å². The number of aromatic nitrogens is 1. The number of hydrogen-bond acceptors (Lipinski definition) is 2. The summed E-state index contributed by atoms with van der Waals surface area (Å²) in [7, 11) is 0. The molecule has 0 aliphatic rings. The highest BCUT2D eigenvalue weighted by Crippen LogP contribution is 2.28. The summed E-state index contributed by atoms with van der Waals surface area (Å²) in [6.07, 6.45) is 1.82. The standard InChI is InChI=1S/C21H21NO/c1-16(2)18-10-5-6-13-21(18)23-15-17-9-3-4-11-19(17)20-12-7-8-14-22-20/h3-14,16H,15H2,1-2H3. The highest BCUT2D eigenvalue weighted by atomic mass is 16.5. The first kappa shape index (κ1) is 15.3. The lowest BCUT2D eigenvalue weighted by Gasteiger charge is -2.15. The summed E-state index contributed by atoms with van der Waals surface area (Å²) in [5.74, 6) is 1.40. The molecule has 0 N–H and O–H groups in total. The average Bonchev–Trinajstić information content (AvgIpc) is 2.61. The van der Waals surface area contributed by atoms with Gasteiger partial charge in [-0.15, -0.1) is 0 Å². The Kier molecular flexibility index (Phi) is 4.72. The Bertz CT molecular complexity index is 766. The SMILES string of the molecule is CC(C)c1ccccc1OCc1ccccc1-c1ccccn1. The van der Waals surface area contributed by atoms with E-state index in [2.05, 4.69) is 43.1 Å². The van der Waals surface area contributed by atoms with Crippen molar-refractivity contribution in [3.8, 4) is 17.0 Å². The Morgan fingerprint density at radius 2 is 1.61 bits per heavy atom. The van der Waals surface area contributed by atoms with Crippen molar-refractivity contribution in [3.05, 3.63) is 84.1 Å². The summed E-state index contributed by atoms with van der Waals surface area (Å²) in [4.78, 5) is 4.45. The van der Waals surface area contributed by atoms with Crippen LogP contribution in [0.3, 0.4) is 0 Å². The molecule has 0 saturated heterocycles. The quantitative estimate of drug-likeness (QED) is 0.625. The van der Waals surface area contributed by atoms with E-state index in [1.54, 1.807) is 0 Å². The van der Waals surface area contributed by atoms with E-state index in [1.165, 1.54) is 5.56 Å². The lowest BCUT2D eigenvalue weighted by Crippen LogP contribution is -2.01. The van der Waals surface area contributed by atoms with E-state index in [1.807, 2.05) is 48.7 Å². The van der Waals surface area contributed by atoms with Crippen molar-refractivity contribution in [1.82, 2.24) is 4.98 Å². The number of hydrogen-bond donors (Lipinski definition) is 0.